The molecule has 1 fully saturated rings. The molecule has 1 saturated heterocycles. The van der Waals surface area contributed by atoms with Crippen LogP contribution in [0.25, 0.3) is 0 Å². The largest absolute Gasteiger partial charge is 0.356 e. The van der Waals surface area contributed by atoms with Crippen LogP contribution >= 0.6 is 0 Å². The molecule has 1 atom stereocenters. The molecule has 110 valence electrons. The monoisotopic (exact) mass is 268 g/mol. The number of rotatable bonds is 5. The van der Waals surface area contributed by atoms with Crippen molar-refractivity contribution in [1.82, 2.24) is 10.2 Å². The highest BCUT2D eigenvalue weighted by molar-refractivity contribution is 5.82. The van der Waals surface area contributed by atoms with E-state index in [0.29, 0.717) is 12.5 Å². The molecule has 0 aliphatic carbocycles. The van der Waals surface area contributed by atoms with Crippen molar-refractivity contribution in [3.63, 3.8) is 0 Å². The van der Waals surface area contributed by atoms with Crippen molar-refractivity contribution in [2.45, 2.75) is 47.0 Å². The number of amides is 2. The molecule has 0 bridgehead atoms. The van der Waals surface area contributed by atoms with Crippen LogP contribution in [-0.2, 0) is 9.59 Å². The topological polar surface area (TPSA) is 49.4 Å². The molecule has 0 aromatic heterocycles. The first kappa shape index (κ1) is 16.0. The van der Waals surface area contributed by atoms with Gasteiger partial charge in [-0.15, -0.1) is 0 Å². The zero-order valence-corrected chi connectivity index (χ0v) is 12.7. The van der Waals surface area contributed by atoms with Gasteiger partial charge in [0.2, 0.25) is 11.8 Å². The SMILES string of the molecule is CC(C)CCNC(=O)[C@@H]1CCCN(C(=O)C(C)C)C1. The molecule has 0 spiro atoms. The third-order valence-corrected chi connectivity index (χ3v) is 3.62. The van der Waals surface area contributed by atoms with Crippen molar-refractivity contribution in [2.24, 2.45) is 17.8 Å². The standard InChI is InChI=1S/C15H28N2O2/c1-11(2)7-8-16-14(18)13-6-5-9-17(10-13)15(19)12(3)4/h11-13H,5-10H2,1-4H3,(H,16,18)/t13-/m1/s1. The Kier molecular flexibility index (Phi) is 6.32. The summed E-state index contributed by atoms with van der Waals surface area (Å²) in [7, 11) is 0. The fraction of sp³-hybridized carbons (Fsp3) is 0.867. The van der Waals surface area contributed by atoms with Gasteiger partial charge in [-0.2, -0.15) is 0 Å². The zero-order valence-electron chi connectivity index (χ0n) is 12.7. The van der Waals surface area contributed by atoms with Gasteiger partial charge in [-0.05, 0) is 25.2 Å². The number of hydrogen-bond donors (Lipinski definition) is 1. The lowest BCUT2D eigenvalue weighted by Crippen LogP contribution is -2.46. The first-order valence-corrected chi connectivity index (χ1v) is 7.48. The highest BCUT2D eigenvalue weighted by Gasteiger charge is 2.28. The number of likely N-dealkylation sites (tertiary alicyclic amines) is 1. The molecule has 19 heavy (non-hydrogen) atoms. The number of hydrogen-bond acceptors (Lipinski definition) is 2. The summed E-state index contributed by atoms with van der Waals surface area (Å²) in [5.41, 5.74) is 0. The Hall–Kier alpha value is -1.06. The van der Waals surface area contributed by atoms with E-state index in [1.54, 1.807) is 0 Å². The van der Waals surface area contributed by atoms with E-state index < -0.39 is 0 Å². The number of nitrogens with zero attached hydrogens (tertiary/aromatic N) is 1. The molecule has 0 aromatic rings. The van der Waals surface area contributed by atoms with Gasteiger partial charge in [-0.1, -0.05) is 27.7 Å². The van der Waals surface area contributed by atoms with Crippen LogP contribution in [0.3, 0.4) is 0 Å². The third-order valence-electron chi connectivity index (χ3n) is 3.62. The molecular formula is C15H28N2O2. The summed E-state index contributed by atoms with van der Waals surface area (Å²) in [5, 5.41) is 3.00. The van der Waals surface area contributed by atoms with Gasteiger partial charge < -0.3 is 10.2 Å². The van der Waals surface area contributed by atoms with E-state index >= 15 is 0 Å². The van der Waals surface area contributed by atoms with E-state index in [1.807, 2.05) is 18.7 Å². The highest BCUT2D eigenvalue weighted by Crippen LogP contribution is 2.18. The molecule has 1 aliphatic heterocycles. The fourth-order valence-electron chi connectivity index (χ4n) is 2.38. The van der Waals surface area contributed by atoms with Crippen LogP contribution in [0.4, 0.5) is 0 Å². The second-order valence-electron chi connectivity index (χ2n) is 6.25. The van der Waals surface area contributed by atoms with Crippen LogP contribution in [-0.4, -0.2) is 36.3 Å². The molecule has 0 unspecified atom stereocenters. The summed E-state index contributed by atoms with van der Waals surface area (Å²) in [4.78, 5) is 25.9. The van der Waals surface area contributed by atoms with Crippen LogP contribution < -0.4 is 5.32 Å². The lowest BCUT2D eigenvalue weighted by atomic mass is 9.96. The minimum atomic E-state index is -0.0244. The van der Waals surface area contributed by atoms with E-state index in [0.717, 1.165) is 32.4 Å². The zero-order chi connectivity index (χ0) is 14.4. The van der Waals surface area contributed by atoms with Crippen molar-refractivity contribution in [1.29, 1.82) is 0 Å². The van der Waals surface area contributed by atoms with E-state index in [9.17, 15) is 9.59 Å². The van der Waals surface area contributed by atoms with E-state index in [-0.39, 0.29) is 23.7 Å². The molecule has 0 aromatic carbocycles. The maximum atomic E-state index is 12.1. The van der Waals surface area contributed by atoms with Gasteiger partial charge in [0.05, 0.1) is 5.92 Å². The van der Waals surface area contributed by atoms with E-state index in [1.165, 1.54) is 0 Å². The minimum absolute atomic E-state index is 0.0164. The van der Waals surface area contributed by atoms with Crippen molar-refractivity contribution in [3.05, 3.63) is 0 Å². The van der Waals surface area contributed by atoms with Crippen molar-refractivity contribution < 1.29 is 9.59 Å². The maximum absolute atomic E-state index is 12.1. The molecule has 4 nitrogen and oxygen atoms in total. The van der Waals surface area contributed by atoms with Gasteiger partial charge in [0.1, 0.15) is 0 Å². The molecule has 4 heteroatoms. The Morgan fingerprint density at radius 1 is 1.26 bits per heavy atom. The van der Waals surface area contributed by atoms with E-state index in [4.69, 9.17) is 0 Å². The van der Waals surface area contributed by atoms with Crippen LogP contribution in [0.1, 0.15) is 47.0 Å². The predicted molar refractivity (Wildman–Crippen MR) is 76.6 cm³/mol. The van der Waals surface area contributed by atoms with Crippen molar-refractivity contribution in [3.8, 4) is 0 Å². The normalized spacial score (nSPS) is 19.9. The molecule has 1 N–H and O–H groups in total. The van der Waals surface area contributed by atoms with Crippen LogP contribution in [0, 0.1) is 17.8 Å². The van der Waals surface area contributed by atoms with Gasteiger partial charge in [0.25, 0.3) is 0 Å². The maximum Gasteiger partial charge on any atom is 0.225 e. The summed E-state index contributed by atoms with van der Waals surface area (Å²) in [6.45, 7) is 10.2. The Balaban J connectivity index is 2.41. The molecule has 0 radical (unpaired) electrons. The molecule has 1 heterocycles. The summed E-state index contributed by atoms with van der Waals surface area (Å²) in [6.07, 6.45) is 2.84. The second kappa shape index (κ2) is 7.51. The van der Waals surface area contributed by atoms with Crippen LogP contribution in [0.5, 0.6) is 0 Å². The highest BCUT2D eigenvalue weighted by atomic mass is 16.2. The molecular weight excluding hydrogens is 240 g/mol. The summed E-state index contributed by atoms with van der Waals surface area (Å²) >= 11 is 0. The van der Waals surface area contributed by atoms with Gasteiger partial charge in [-0.3, -0.25) is 9.59 Å². The number of carbonyl (C=O) groups excluding carboxylic acids is 2. The first-order chi connectivity index (χ1) is 8.91. The number of nitrogens with one attached hydrogen (secondary N) is 1. The van der Waals surface area contributed by atoms with Gasteiger partial charge in [0.15, 0.2) is 0 Å². The quantitative estimate of drug-likeness (QED) is 0.829. The fourth-order valence-corrected chi connectivity index (χ4v) is 2.38. The minimum Gasteiger partial charge on any atom is -0.356 e. The molecule has 1 rings (SSSR count). The Morgan fingerprint density at radius 2 is 1.95 bits per heavy atom. The first-order valence-electron chi connectivity index (χ1n) is 7.48. The Labute approximate surface area is 116 Å². The lowest BCUT2D eigenvalue weighted by Gasteiger charge is -2.33. The summed E-state index contributed by atoms with van der Waals surface area (Å²) in [6, 6.07) is 0. The van der Waals surface area contributed by atoms with Crippen molar-refractivity contribution >= 4 is 11.8 Å². The van der Waals surface area contributed by atoms with Gasteiger partial charge in [-0.25, -0.2) is 0 Å². The van der Waals surface area contributed by atoms with Gasteiger partial charge >= 0.3 is 0 Å². The number of piperidine rings is 1. The molecule has 1 aliphatic rings. The Morgan fingerprint density at radius 3 is 2.53 bits per heavy atom. The van der Waals surface area contributed by atoms with Crippen LogP contribution in [0.2, 0.25) is 0 Å². The average molecular weight is 268 g/mol. The van der Waals surface area contributed by atoms with Crippen LogP contribution in [0.15, 0.2) is 0 Å². The molecule has 2 amide bonds. The Bertz CT molecular complexity index is 313. The average Bonchev–Trinajstić information content (AvgIpc) is 2.37. The third kappa shape index (κ3) is 5.21. The van der Waals surface area contributed by atoms with Gasteiger partial charge in [0, 0.05) is 25.6 Å². The predicted octanol–water partition coefficient (Wildman–Crippen LogP) is 2.04. The smallest absolute Gasteiger partial charge is 0.225 e. The lowest BCUT2D eigenvalue weighted by molar-refractivity contribution is -0.138. The summed E-state index contributed by atoms with van der Waals surface area (Å²) < 4.78 is 0. The number of carbonyl (C=O) groups is 2. The summed E-state index contributed by atoms with van der Waals surface area (Å²) in [5.74, 6) is 0.874. The molecule has 0 saturated carbocycles. The van der Waals surface area contributed by atoms with Crippen molar-refractivity contribution in [2.75, 3.05) is 19.6 Å². The van der Waals surface area contributed by atoms with E-state index in [2.05, 4.69) is 19.2 Å². The second-order valence-corrected chi connectivity index (χ2v) is 6.25.